The predicted molar refractivity (Wildman–Crippen MR) is 65.6 cm³/mol. The number of aliphatic hydroxyl groups excluding tert-OH is 1. The van der Waals surface area contributed by atoms with E-state index < -0.39 is 6.10 Å². The predicted octanol–water partition coefficient (Wildman–Crippen LogP) is 1.05. The van der Waals surface area contributed by atoms with Crippen molar-refractivity contribution in [1.82, 2.24) is 0 Å². The number of Topliss-reactive ketones (excluding diaryl/α,β-unsaturated/α-hetero) is 1. The molecule has 5 nitrogen and oxygen atoms in total. The van der Waals surface area contributed by atoms with Crippen molar-refractivity contribution in [2.45, 2.75) is 19.4 Å². The van der Waals surface area contributed by atoms with Gasteiger partial charge < -0.3 is 14.7 Å². The van der Waals surface area contributed by atoms with Gasteiger partial charge in [-0.05, 0) is 17.7 Å². The minimum Gasteiger partial charge on any atom is -0.482 e. The molecule has 1 aliphatic rings. The lowest BCUT2D eigenvalue weighted by molar-refractivity contribution is -0.127. The summed E-state index contributed by atoms with van der Waals surface area (Å²) >= 11 is 0. The maximum absolute atomic E-state index is 11.5. The van der Waals surface area contributed by atoms with Crippen LogP contribution in [-0.4, -0.2) is 30.5 Å². The van der Waals surface area contributed by atoms with E-state index in [9.17, 15) is 14.7 Å². The number of nitrogens with zero attached hydrogens (tertiary/aromatic N) is 1. The van der Waals surface area contributed by atoms with E-state index in [-0.39, 0.29) is 24.7 Å². The van der Waals surface area contributed by atoms with E-state index in [1.807, 2.05) is 0 Å². The average molecular weight is 249 g/mol. The first-order valence-electron chi connectivity index (χ1n) is 5.78. The molecule has 1 aromatic carbocycles. The minimum absolute atomic E-state index is 0.0132. The van der Waals surface area contributed by atoms with Gasteiger partial charge >= 0.3 is 0 Å². The van der Waals surface area contributed by atoms with Gasteiger partial charge in [0.05, 0.1) is 5.69 Å². The van der Waals surface area contributed by atoms with Crippen LogP contribution in [0.4, 0.5) is 5.69 Å². The molecule has 0 saturated heterocycles. The van der Waals surface area contributed by atoms with Crippen molar-refractivity contribution in [1.29, 1.82) is 0 Å². The van der Waals surface area contributed by atoms with Crippen LogP contribution < -0.4 is 9.64 Å². The van der Waals surface area contributed by atoms with Crippen LogP contribution in [0.5, 0.6) is 5.75 Å². The first kappa shape index (κ1) is 12.6. The molecule has 0 fully saturated rings. The molecular weight excluding hydrogens is 234 g/mol. The Morgan fingerprint density at radius 3 is 2.94 bits per heavy atom. The highest BCUT2D eigenvalue weighted by Crippen LogP contribution is 2.33. The summed E-state index contributed by atoms with van der Waals surface area (Å²) < 4.78 is 5.27. The van der Waals surface area contributed by atoms with Crippen LogP contribution in [0.3, 0.4) is 0 Å². The Labute approximate surface area is 105 Å². The lowest BCUT2D eigenvalue weighted by atomic mass is 10.0. The van der Waals surface area contributed by atoms with Gasteiger partial charge in [-0.25, -0.2) is 0 Å². The Kier molecular flexibility index (Phi) is 3.34. The summed E-state index contributed by atoms with van der Waals surface area (Å²) in [6.07, 6.45) is -0.880. The molecule has 1 heterocycles. The highest BCUT2D eigenvalue weighted by atomic mass is 16.5. The van der Waals surface area contributed by atoms with Crippen molar-refractivity contribution >= 4 is 17.4 Å². The Hall–Kier alpha value is -1.88. The van der Waals surface area contributed by atoms with Crippen LogP contribution in [0.1, 0.15) is 25.0 Å². The first-order valence-corrected chi connectivity index (χ1v) is 5.78. The second-order valence-electron chi connectivity index (χ2n) is 4.19. The molecule has 1 atom stereocenters. The average Bonchev–Trinajstić information content (AvgIpc) is 2.41. The second kappa shape index (κ2) is 4.78. The van der Waals surface area contributed by atoms with Crippen LogP contribution in [0.25, 0.3) is 0 Å². The zero-order valence-electron chi connectivity index (χ0n) is 10.3. The van der Waals surface area contributed by atoms with E-state index in [2.05, 4.69) is 0 Å². The fraction of sp³-hybridized carbons (Fsp3) is 0.385. The second-order valence-corrected chi connectivity index (χ2v) is 4.19. The Balaban J connectivity index is 2.37. The van der Waals surface area contributed by atoms with E-state index >= 15 is 0 Å². The molecule has 2 rings (SSSR count). The number of amides is 1. The quantitative estimate of drug-likeness (QED) is 0.869. The Bertz CT molecular complexity index is 498. The molecular formula is C13H15NO4. The number of benzene rings is 1. The van der Waals surface area contributed by atoms with Crippen LogP contribution in [0, 0.1) is 0 Å². The fourth-order valence-corrected chi connectivity index (χ4v) is 1.84. The number of rotatable bonds is 3. The summed E-state index contributed by atoms with van der Waals surface area (Å²) in [5.74, 6) is 0.175. The molecule has 0 bridgehead atoms. The molecule has 1 aliphatic heterocycles. The van der Waals surface area contributed by atoms with Crippen LogP contribution in [0.2, 0.25) is 0 Å². The SMILES string of the molecule is CCC(=O)C(O)c1ccc2c(c1)N(C)C(=O)CO2. The Morgan fingerprint density at radius 1 is 1.56 bits per heavy atom. The van der Waals surface area contributed by atoms with Gasteiger partial charge in [-0.1, -0.05) is 13.0 Å². The molecule has 1 unspecified atom stereocenters. The Morgan fingerprint density at radius 2 is 2.28 bits per heavy atom. The number of hydrogen-bond acceptors (Lipinski definition) is 4. The summed E-state index contributed by atoms with van der Waals surface area (Å²) in [4.78, 5) is 24.4. The third kappa shape index (κ3) is 2.09. The number of fused-ring (bicyclic) bond motifs is 1. The third-order valence-electron chi connectivity index (χ3n) is 3.04. The van der Waals surface area contributed by atoms with E-state index in [0.29, 0.717) is 17.0 Å². The van der Waals surface area contributed by atoms with Crippen LogP contribution in [-0.2, 0) is 9.59 Å². The van der Waals surface area contributed by atoms with E-state index in [0.717, 1.165) is 0 Å². The largest absolute Gasteiger partial charge is 0.482 e. The van der Waals surface area contributed by atoms with Crippen molar-refractivity contribution in [2.75, 3.05) is 18.6 Å². The van der Waals surface area contributed by atoms with Gasteiger partial charge in [-0.3, -0.25) is 9.59 Å². The molecule has 0 spiro atoms. The number of carbonyl (C=O) groups is 2. The molecule has 0 radical (unpaired) electrons. The van der Waals surface area contributed by atoms with Gasteiger partial charge in [0.2, 0.25) is 0 Å². The van der Waals surface area contributed by atoms with E-state index in [4.69, 9.17) is 4.74 Å². The van der Waals surface area contributed by atoms with Crippen molar-refractivity contribution in [2.24, 2.45) is 0 Å². The standard InChI is InChI=1S/C13H15NO4/c1-3-10(15)13(17)8-4-5-11-9(6-8)14(2)12(16)7-18-11/h4-6,13,17H,3,7H2,1-2H3. The van der Waals surface area contributed by atoms with E-state index in [1.54, 1.807) is 32.2 Å². The van der Waals surface area contributed by atoms with Crippen molar-refractivity contribution in [3.05, 3.63) is 23.8 Å². The highest BCUT2D eigenvalue weighted by Gasteiger charge is 2.24. The number of carbonyl (C=O) groups excluding carboxylic acids is 2. The molecule has 1 N–H and O–H groups in total. The zero-order valence-corrected chi connectivity index (χ0v) is 10.3. The summed E-state index contributed by atoms with van der Waals surface area (Å²) in [7, 11) is 1.64. The maximum atomic E-state index is 11.5. The van der Waals surface area contributed by atoms with E-state index in [1.165, 1.54) is 4.90 Å². The van der Waals surface area contributed by atoms with Gasteiger partial charge in [-0.2, -0.15) is 0 Å². The summed E-state index contributed by atoms with van der Waals surface area (Å²) in [5, 5.41) is 9.85. The molecule has 1 amide bonds. The monoisotopic (exact) mass is 249 g/mol. The van der Waals surface area contributed by atoms with Crippen LogP contribution in [0.15, 0.2) is 18.2 Å². The van der Waals surface area contributed by atoms with Crippen molar-refractivity contribution in [3.8, 4) is 5.75 Å². The topological polar surface area (TPSA) is 66.8 Å². The number of anilines is 1. The maximum Gasteiger partial charge on any atom is 0.264 e. The number of ether oxygens (including phenoxy) is 1. The summed E-state index contributed by atoms with van der Waals surface area (Å²) in [6, 6.07) is 4.92. The van der Waals surface area contributed by atoms with Gasteiger partial charge in [0.15, 0.2) is 12.4 Å². The number of likely N-dealkylation sites (N-methyl/N-ethyl adjacent to an activating group) is 1. The highest BCUT2D eigenvalue weighted by molar-refractivity contribution is 5.97. The molecule has 1 aromatic rings. The van der Waals surface area contributed by atoms with Gasteiger partial charge in [0.1, 0.15) is 11.9 Å². The summed E-state index contributed by atoms with van der Waals surface area (Å²) in [6.45, 7) is 1.71. The molecule has 0 aliphatic carbocycles. The zero-order chi connectivity index (χ0) is 13.3. The molecule has 5 heteroatoms. The smallest absolute Gasteiger partial charge is 0.264 e. The van der Waals surface area contributed by atoms with Gasteiger partial charge in [0, 0.05) is 13.5 Å². The lowest BCUT2D eigenvalue weighted by Crippen LogP contribution is -2.35. The third-order valence-corrected chi connectivity index (χ3v) is 3.04. The fourth-order valence-electron chi connectivity index (χ4n) is 1.84. The summed E-state index contributed by atoms with van der Waals surface area (Å²) in [5.41, 5.74) is 1.05. The molecule has 96 valence electrons. The van der Waals surface area contributed by atoms with Crippen molar-refractivity contribution < 1.29 is 19.4 Å². The normalized spacial score (nSPS) is 15.9. The first-order chi connectivity index (χ1) is 8.54. The minimum atomic E-state index is -1.15. The molecule has 0 saturated carbocycles. The number of aliphatic hydroxyl groups is 1. The molecule has 0 aromatic heterocycles. The van der Waals surface area contributed by atoms with Crippen molar-refractivity contribution in [3.63, 3.8) is 0 Å². The van der Waals surface area contributed by atoms with Crippen LogP contribution >= 0.6 is 0 Å². The number of hydrogen-bond donors (Lipinski definition) is 1. The molecule has 18 heavy (non-hydrogen) atoms. The van der Waals surface area contributed by atoms with Gasteiger partial charge in [0.25, 0.3) is 5.91 Å². The van der Waals surface area contributed by atoms with Gasteiger partial charge in [-0.15, -0.1) is 0 Å². The number of ketones is 1. The lowest BCUT2D eigenvalue weighted by Gasteiger charge is -2.26.